The summed E-state index contributed by atoms with van der Waals surface area (Å²) >= 11 is 0. The summed E-state index contributed by atoms with van der Waals surface area (Å²) in [4.78, 5) is 15.9. The second-order valence-corrected chi connectivity index (χ2v) is 33.5. The zero-order valence-corrected chi connectivity index (χ0v) is 7.23. The molecule has 12 heavy (non-hydrogen) atoms. The molecule has 10 rings (SSSR count). The molecular weight excluding hydrogens is 188 g/mol. The molecule has 0 aromatic rings. The third-order valence-electron chi connectivity index (χ3n) is 14.5. The predicted molar refractivity (Wildman–Crippen MR) is 44.2 cm³/mol. The first-order valence-electron chi connectivity index (χ1n) is 5.37. The van der Waals surface area contributed by atoms with Gasteiger partial charge in [0.25, 0.3) is 0 Å². The summed E-state index contributed by atoms with van der Waals surface area (Å²) in [6.07, 6.45) is 0. The molecule has 0 aromatic heterocycles. The Labute approximate surface area is 62.4 Å². The van der Waals surface area contributed by atoms with Crippen molar-refractivity contribution in [2.45, 2.75) is 55.6 Å². The molecule has 0 unspecified atom stereocenters. The molecule has 0 saturated carbocycles. The van der Waals surface area contributed by atoms with Crippen molar-refractivity contribution in [3.05, 3.63) is 0 Å². The molecule has 0 aromatic carbocycles. The van der Waals surface area contributed by atoms with E-state index in [9.17, 15) is 0 Å². The molecule has 0 aliphatic carbocycles. The monoisotopic (exact) mass is 202 g/mol. The Bertz CT molecular complexity index is 572. The molecule has 0 radical (unpaired) electrons. The van der Waals surface area contributed by atoms with Crippen molar-refractivity contribution in [3.63, 3.8) is 0 Å². The van der Waals surface area contributed by atoms with Gasteiger partial charge in [-0.05, 0) is 0 Å². The Balaban J connectivity index is 0.000000400. The first kappa shape index (κ1) is 3.95. The van der Waals surface area contributed by atoms with Crippen molar-refractivity contribution in [1.29, 1.82) is 0 Å². The minimum absolute atomic E-state index is 0. The Hall–Kier alpha value is 0.519. The fraction of sp³-hybridized carbons (Fsp3) is 1.00. The second kappa shape index (κ2) is 0.224. The average Bonchev–Trinajstić information content (AvgIpc) is 3.01. The molecule has 1 heteroatoms. The van der Waals surface area contributed by atoms with Crippen LogP contribution in [0.2, 0.25) is 48.2 Å². The zero-order valence-electron chi connectivity index (χ0n) is 6.13. The van der Waals surface area contributed by atoms with E-state index in [4.69, 9.17) is 0 Å². The maximum atomic E-state index is 1.59. The van der Waals surface area contributed by atoms with Gasteiger partial charge in [-0.3, -0.25) is 0 Å². The molecule has 10 saturated heterocycles. The summed E-state index contributed by atoms with van der Waals surface area (Å²) in [5.41, 5.74) is 0. The molecule has 10 aliphatic rings. The van der Waals surface area contributed by atoms with E-state index in [1.165, 1.54) is 0 Å². The van der Waals surface area contributed by atoms with Gasteiger partial charge in [-0.2, -0.15) is 0 Å². The number of hydrogen-bond donors (Lipinski definition) is 0. The molecule has 1 spiro atoms. The topological polar surface area (TPSA) is 0 Å². The molecule has 10 heterocycles. The van der Waals surface area contributed by atoms with Crippen molar-refractivity contribution >= 4 is 0 Å². The Morgan fingerprint density at radius 3 is 0.583 bits per heavy atom. The van der Waals surface area contributed by atoms with Gasteiger partial charge in [0.1, 0.15) is 0 Å². The van der Waals surface area contributed by atoms with Crippen LogP contribution in [0.15, 0.2) is 0 Å². The fourth-order valence-electron chi connectivity index (χ4n) is 15.8. The van der Waals surface area contributed by atoms with E-state index in [0.29, 0.717) is 0 Å². The summed E-state index contributed by atoms with van der Waals surface area (Å²) in [5.74, 6) is 0. The average molecular weight is 202 g/mol. The van der Waals surface area contributed by atoms with Crippen LogP contribution >= 0.6 is 0 Å². The van der Waals surface area contributed by atoms with Crippen LogP contribution in [0.1, 0.15) is 7.43 Å². The third-order valence-corrected chi connectivity index (χ3v) is 56.5. The van der Waals surface area contributed by atoms with E-state index in [-0.39, 0.29) is 7.43 Å². The summed E-state index contributed by atoms with van der Waals surface area (Å²) in [5, 5.41) is 0. The van der Waals surface area contributed by atoms with Crippen LogP contribution in [0, 0.1) is 0 Å². The van der Waals surface area contributed by atoms with Crippen molar-refractivity contribution in [3.8, 4) is 0 Å². The Morgan fingerprint density at radius 2 is 0.583 bits per heavy atom. The summed E-state index contributed by atoms with van der Waals surface area (Å²) < 4.78 is 0. The minimum atomic E-state index is -2.28. The normalized spacial score (nSPS) is 157. The van der Waals surface area contributed by atoms with Gasteiger partial charge in [0.2, 0.25) is 0 Å². The van der Waals surface area contributed by atoms with E-state index in [0.717, 1.165) is 0 Å². The first-order chi connectivity index (χ1) is 5.16. The van der Waals surface area contributed by atoms with Crippen LogP contribution in [-0.4, -0.2) is 0 Å². The van der Waals surface area contributed by atoms with E-state index in [2.05, 4.69) is 0 Å². The fourth-order valence-corrected chi connectivity index (χ4v) is 88.0. The van der Waals surface area contributed by atoms with Crippen molar-refractivity contribution in [1.82, 2.24) is 0 Å². The van der Waals surface area contributed by atoms with Gasteiger partial charge < -0.3 is 0 Å². The van der Waals surface area contributed by atoms with Crippen LogP contribution in [0.5, 0.6) is 0 Å². The maximum absolute atomic E-state index is 2.28. The van der Waals surface area contributed by atoms with Crippen LogP contribution in [0.4, 0.5) is 0 Å². The van der Waals surface area contributed by atoms with Crippen LogP contribution in [-0.2, 0) is 6.51 Å². The van der Waals surface area contributed by atoms with Gasteiger partial charge in [-0.25, -0.2) is 0 Å². The van der Waals surface area contributed by atoms with Crippen LogP contribution < -0.4 is 0 Å². The van der Waals surface area contributed by atoms with E-state index >= 15 is 0 Å². The van der Waals surface area contributed by atoms with Crippen molar-refractivity contribution < 1.29 is 6.51 Å². The standard InChI is InChI=1S/2C5H5.CH4.Fe/c2*1-2-4-5-3-1;;/h2*1-5H;1H4;. The Morgan fingerprint density at radius 1 is 0.417 bits per heavy atom. The molecule has 10 fully saturated rings. The van der Waals surface area contributed by atoms with E-state index < -0.39 is 6.51 Å². The van der Waals surface area contributed by atoms with Crippen LogP contribution in [0.25, 0.3) is 0 Å². The van der Waals surface area contributed by atoms with Gasteiger partial charge in [0, 0.05) is 0 Å². The van der Waals surface area contributed by atoms with Gasteiger partial charge in [0.15, 0.2) is 0 Å². The summed E-state index contributed by atoms with van der Waals surface area (Å²) in [6, 6.07) is 0. The van der Waals surface area contributed by atoms with Crippen molar-refractivity contribution in [2.24, 2.45) is 0 Å². The van der Waals surface area contributed by atoms with E-state index in [1.807, 2.05) is 0 Å². The number of rotatable bonds is 0. The van der Waals surface area contributed by atoms with Crippen LogP contribution in [0.3, 0.4) is 0 Å². The summed E-state index contributed by atoms with van der Waals surface area (Å²) in [7, 11) is 0. The molecule has 66 valence electrons. The predicted octanol–water partition coefficient (Wildman–Crippen LogP) is 4.01. The molecule has 0 bridgehead atoms. The summed E-state index contributed by atoms with van der Waals surface area (Å²) in [6.45, 7) is -2.28. The Kier molecular flexibility index (Phi) is 0.0735. The van der Waals surface area contributed by atoms with Gasteiger partial charge >= 0.3 is 54.7 Å². The SMILES string of the molecule is C.[CH]12[CH]3[CH]4[CH]5[CH]1[Fe]23451678[CH]2[CH]1[CH]6[CH]7[CH]28. The van der Waals surface area contributed by atoms with Gasteiger partial charge in [-0.15, -0.1) is 0 Å². The van der Waals surface area contributed by atoms with Gasteiger partial charge in [0.05, 0.1) is 0 Å². The third kappa shape index (κ3) is 0.0237. The van der Waals surface area contributed by atoms with Crippen molar-refractivity contribution in [2.75, 3.05) is 0 Å². The molecule has 10 aliphatic heterocycles. The first-order valence-corrected chi connectivity index (χ1v) is 11.7. The molecular formula is C11H14Fe. The molecule has 0 N–H and O–H groups in total. The number of hydrogen-bond acceptors (Lipinski definition) is 0. The van der Waals surface area contributed by atoms with Gasteiger partial charge in [-0.1, -0.05) is 7.43 Å². The van der Waals surface area contributed by atoms with E-state index in [1.54, 1.807) is 48.2 Å². The molecule has 0 amide bonds. The molecule has 0 atom stereocenters. The quantitative estimate of drug-likeness (QED) is 0.520. The molecule has 0 nitrogen and oxygen atoms in total. The second-order valence-electron chi connectivity index (χ2n) is 9.58. The number of fused-ring (bicyclic) bond motifs is 10. The zero-order chi connectivity index (χ0) is 6.09.